The number of rotatable bonds is 3. The molecule has 0 spiro atoms. The zero-order chi connectivity index (χ0) is 20.7. The van der Waals surface area contributed by atoms with Gasteiger partial charge in [-0.15, -0.1) is 0 Å². The molecule has 1 saturated heterocycles. The van der Waals surface area contributed by atoms with Gasteiger partial charge in [0.1, 0.15) is 17.4 Å². The van der Waals surface area contributed by atoms with Crippen molar-refractivity contribution in [2.75, 3.05) is 19.0 Å². The maximum absolute atomic E-state index is 13.5. The standard InChI is InChI=1S/C24H26N2O4/c1-29-20-12-5-3-10-17(20)26-23(28)22-18(27)14-25-24-13-7-6-9-16(24)21(22)15-8-2-4-11-19(15)30-24/h2-5,8,10-12,16,21-22,25H,6-7,9,13-14H2,1H3,(H,26,28)/t16-,21+,22+,24+/m0/s1. The molecule has 6 nitrogen and oxygen atoms in total. The molecule has 3 aliphatic rings. The van der Waals surface area contributed by atoms with Gasteiger partial charge >= 0.3 is 0 Å². The summed E-state index contributed by atoms with van der Waals surface area (Å²) in [5.74, 6) is 0.0455. The van der Waals surface area contributed by atoms with Crippen molar-refractivity contribution in [1.82, 2.24) is 5.32 Å². The zero-order valence-corrected chi connectivity index (χ0v) is 17.0. The lowest BCUT2D eigenvalue weighted by Gasteiger charge is -2.50. The molecule has 0 aromatic heterocycles. The average Bonchev–Trinajstić information content (AvgIpc) is 2.86. The van der Waals surface area contributed by atoms with E-state index >= 15 is 0 Å². The minimum absolute atomic E-state index is 0.0704. The molecule has 1 amide bonds. The number of ether oxygens (including phenoxy) is 2. The first-order valence-corrected chi connectivity index (χ1v) is 10.6. The minimum atomic E-state index is -0.780. The van der Waals surface area contributed by atoms with Crippen LogP contribution in [0.15, 0.2) is 48.5 Å². The third-order valence-corrected chi connectivity index (χ3v) is 6.83. The summed E-state index contributed by atoms with van der Waals surface area (Å²) in [5.41, 5.74) is 0.953. The molecule has 2 bridgehead atoms. The van der Waals surface area contributed by atoms with Crippen LogP contribution in [0.5, 0.6) is 11.5 Å². The van der Waals surface area contributed by atoms with Gasteiger partial charge in [0, 0.05) is 18.3 Å². The molecule has 2 aromatic carbocycles. The number of ketones is 1. The predicted molar refractivity (Wildman–Crippen MR) is 113 cm³/mol. The maximum Gasteiger partial charge on any atom is 0.235 e. The van der Waals surface area contributed by atoms with E-state index in [4.69, 9.17) is 9.47 Å². The molecular formula is C24H26N2O4. The van der Waals surface area contributed by atoms with E-state index in [0.717, 1.165) is 37.0 Å². The van der Waals surface area contributed by atoms with E-state index in [-0.39, 0.29) is 30.1 Å². The predicted octanol–water partition coefficient (Wildman–Crippen LogP) is 3.48. The maximum atomic E-state index is 13.5. The van der Waals surface area contributed by atoms with Crippen molar-refractivity contribution in [2.24, 2.45) is 11.8 Å². The van der Waals surface area contributed by atoms with Gasteiger partial charge in [0.2, 0.25) is 5.91 Å². The number of para-hydroxylation sites is 3. The Bertz CT molecular complexity index is 991. The number of fused-ring (bicyclic) bond motifs is 2. The minimum Gasteiger partial charge on any atom is -0.495 e. The van der Waals surface area contributed by atoms with Crippen molar-refractivity contribution in [1.29, 1.82) is 0 Å². The normalized spacial score (nSPS) is 29.6. The van der Waals surface area contributed by atoms with Crippen molar-refractivity contribution in [2.45, 2.75) is 37.3 Å². The van der Waals surface area contributed by atoms with Gasteiger partial charge in [-0.2, -0.15) is 0 Å². The number of benzene rings is 2. The van der Waals surface area contributed by atoms with E-state index in [0.29, 0.717) is 11.4 Å². The van der Waals surface area contributed by atoms with Crippen LogP contribution >= 0.6 is 0 Å². The fraction of sp³-hybridized carbons (Fsp3) is 0.417. The average molecular weight is 406 g/mol. The van der Waals surface area contributed by atoms with Crippen LogP contribution in [0.4, 0.5) is 5.69 Å². The van der Waals surface area contributed by atoms with Crippen molar-refractivity contribution in [3.8, 4) is 11.5 Å². The molecular weight excluding hydrogens is 380 g/mol. The molecule has 2 aliphatic heterocycles. The Balaban J connectivity index is 1.58. The zero-order valence-electron chi connectivity index (χ0n) is 17.0. The molecule has 5 rings (SSSR count). The summed E-state index contributed by atoms with van der Waals surface area (Å²) in [4.78, 5) is 26.8. The second-order valence-electron chi connectivity index (χ2n) is 8.39. The summed E-state index contributed by atoms with van der Waals surface area (Å²) >= 11 is 0. The quantitative estimate of drug-likeness (QED) is 0.763. The van der Waals surface area contributed by atoms with Crippen LogP contribution in [0, 0.1) is 11.8 Å². The highest BCUT2D eigenvalue weighted by Gasteiger charge is 2.57. The number of anilines is 1. The van der Waals surface area contributed by atoms with Gasteiger partial charge in [-0.1, -0.05) is 36.8 Å². The van der Waals surface area contributed by atoms with Gasteiger partial charge in [-0.25, -0.2) is 0 Å². The van der Waals surface area contributed by atoms with Gasteiger partial charge < -0.3 is 14.8 Å². The van der Waals surface area contributed by atoms with Gasteiger partial charge in [-0.05, 0) is 36.6 Å². The Kier molecular flexibility index (Phi) is 4.74. The Labute approximate surface area is 176 Å². The summed E-state index contributed by atoms with van der Waals surface area (Å²) in [5, 5.41) is 6.38. The lowest BCUT2D eigenvalue weighted by molar-refractivity contribution is -0.132. The van der Waals surface area contributed by atoms with Gasteiger partial charge in [0.25, 0.3) is 0 Å². The van der Waals surface area contributed by atoms with Crippen LogP contribution in [-0.2, 0) is 9.59 Å². The molecule has 0 unspecified atom stereocenters. The van der Waals surface area contributed by atoms with E-state index in [1.807, 2.05) is 36.4 Å². The van der Waals surface area contributed by atoms with E-state index in [1.54, 1.807) is 19.2 Å². The van der Waals surface area contributed by atoms with Crippen LogP contribution in [-0.4, -0.2) is 31.1 Å². The highest BCUT2D eigenvalue weighted by atomic mass is 16.5. The first-order valence-electron chi connectivity index (χ1n) is 10.6. The number of Topliss-reactive ketones (excluding diaryl/α,β-unsaturated/α-hetero) is 1. The van der Waals surface area contributed by atoms with Crippen LogP contribution in [0.3, 0.4) is 0 Å². The monoisotopic (exact) mass is 406 g/mol. The largest absolute Gasteiger partial charge is 0.495 e. The fourth-order valence-corrected chi connectivity index (χ4v) is 5.51. The van der Waals surface area contributed by atoms with E-state index in [9.17, 15) is 9.59 Å². The van der Waals surface area contributed by atoms with E-state index < -0.39 is 11.6 Å². The molecule has 6 heteroatoms. The number of nitrogens with one attached hydrogen (secondary N) is 2. The second-order valence-corrected chi connectivity index (χ2v) is 8.39. The molecule has 1 saturated carbocycles. The van der Waals surface area contributed by atoms with Crippen LogP contribution in [0.1, 0.15) is 37.2 Å². The van der Waals surface area contributed by atoms with E-state index in [1.165, 1.54) is 0 Å². The smallest absolute Gasteiger partial charge is 0.235 e. The van der Waals surface area contributed by atoms with Crippen molar-refractivity contribution in [3.63, 3.8) is 0 Å². The third kappa shape index (κ3) is 2.98. The van der Waals surface area contributed by atoms with Crippen LogP contribution in [0.2, 0.25) is 0 Å². The van der Waals surface area contributed by atoms with Gasteiger partial charge in [-0.3, -0.25) is 14.9 Å². The number of amides is 1. The molecule has 156 valence electrons. The van der Waals surface area contributed by atoms with Gasteiger partial charge in [0.15, 0.2) is 11.5 Å². The number of hydrogen-bond acceptors (Lipinski definition) is 5. The topological polar surface area (TPSA) is 76.7 Å². The number of carbonyl (C=O) groups excluding carboxylic acids is 2. The molecule has 2 fully saturated rings. The Morgan fingerprint density at radius 1 is 1.17 bits per heavy atom. The number of methoxy groups -OCH3 is 1. The second kappa shape index (κ2) is 7.43. The Hall–Kier alpha value is -2.86. The van der Waals surface area contributed by atoms with Crippen molar-refractivity contribution >= 4 is 17.4 Å². The third-order valence-electron chi connectivity index (χ3n) is 6.83. The molecule has 4 atom stereocenters. The highest BCUT2D eigenvalue weighted by Crippen LogP contribution is 2.54. The van der Waals surface area contributed by atoms with Crippen LogP contribution in [0.25, 0.3) is 0 Å². The van der Waals surface area contributed by atoms with Gasteiger partial charge in [0.05, 0.1) is 19.3 Å². The summed E-state index contributed by atoms with van der Waals surface area (Å²) in [7, 11) is 1.57. The van der Waals surface area contributed by atoms with Crippen molar-refractivity contribution < 1.29 is 19.1 Å². The summed E-state index contributed by atoms with van der Waals surface area (Å²) in [6.45, 7) is 0.130. The van der Waals surface area contributed by atoms with Crippen LogP contribution < -0.4 is 20.1 Å². The molecule has 0 radical (unpaired) electrons. The SMILES string of the molecule is COc1ccccc1NC(=O)[C@@H]1C(=O)CN[C@@]23CCCC[C@H]2[C@H]1c1ccccc1O3. The number of hydrogen-bond donors (Lipinski definition) is 2. The molecule has 2 aromatic rings. The first-order chi connectivity index (χ1) is 14.6. The molecule has 2 N–H and O–H groups in total. The van der Waals surface area contributed by atoms with Crippen molar-refractivity contribution in [3.05, 3.63) is 54.1 Å². The molecule has 30 heavy (non-hydrogen) atoms. The summed E-state index contributed by atoms with van der Waals surface area (Å²) in [6.07, 6.45) is 3.89. The fourth-order valence-electron chi connectivity index (χ4n) is 5.51. The summed E-state index contributed by atoms with van der Waals surface area (Å²) < 4.78 is 11.9. The lowest BCUT2D eigenvalue weighted by atomic mass is 9.65. The lowest BCUT2D eigenvalue weighted by Crippen LogP contribution is -2.60. The highest BCUT2D eigenvalue weighted by molar-refractivity contribution is 6.09. The van der Waals surface area contributed by atoms with E-state index in [2.05, 4.69) is 10.6 Å². The Morgan fingerprint density at radius 3 is 2.83 bits per heavy atom. The molecule has 1 aliphatic carbocycles. The molecule has 2 heterocycles. The first kappa shape index (κ1) is 19.1. The number of carbonyl (C=O) groups is 2. The Morgan fingerprint density at radius 2 is 1.97 bits per heavy atom. The summed E-state index contributed by atoms with van der Waals surface area (Å²) in [6, 6.07) is 15.1.